The Bertz CT molecular complexity index is 308. The van der Waals surface area contributed by atoms with E-state index in [1.165, 1.54) is 0 Å². The lowest BCUT2D eigenvalue weighted by atomic mass is 10.00. The van der Waals surface area contributed by atoms with Crippen LogP contribution in [0.2, 0.25) is 0 Å². The molecule has 2 nitrogen and oxygen atoms in total. The van der Waals surface area contributed by atoms with Crippen molar-refractivity contribution in [3.05, 3.63) is 35.5 Å². The molecule has 2 aliphatic rings. The van der Waals surface area contributed by atoms with Crippen LogP contribution in [-0.4, -0.2) is 18.5 Å². The zero-order valence-electron chi connectivity index (χ0n) is 5.90. The van der Waals surface area contributed by atoms with Gasteiger partial charge in [-0.05, 0) is 17.7 Å². The van der Waals surface area contributed by atoms with Gasteiger partial charge in [0.1, 0.15) is 6.29 Å². The van der Waals surface area contributed by atoms with Crippen molar-refractivity contribution in [3.63, 3.8) is 0 Å². The summed E-state index contributed by atoms with van der Waals surface area (Å²) in [6, 6.07) is 0.165. The summed E-state index contributed by atoms with van der Waals surface area (Å²) >= 11 is 0. The average Bonchev–Trinajstić information content (AvgIpc) is 2.50. The van der Waals surface area contributed by atoms with Gasteiger partial charge in [0.2, 0.25) is 0 Å². The van der Waals surface area contributed by atoms with Crippen LogP contribution in [0.1, 0.15) is 0 Å². The second-order valence-electron chi connectivity index (χ2n) is 2.53. The predicted octanol–water partition coefficient (Wildman–Crippen LogP) is 1.06. The Morgan fingerprint density at radius 2 is 2.45 bits per heavy atom. The van der Waals surface area contributed by atoms with Gasteiger partial charge in [-0.15, -0.1) is 0 Å². The Balaban J connectivity index is 2.36. The number of rotatable bonds is 1. The monoisotopic (exact) mass is 145 g/mol. The highest BCUT2D eigenvalue weighted by Crippen LogP contribution is 2.20. The van der Waals surface area contributed by atoms with Gasteiger partial charge in [0.05, 0.1) is 6.04 Å². The van der Waals surface area contributed by atoms with Crippen molar-refractivity contribution in [1.29, 1.82) is 0 Å². The molecule has 54 valence electrons. The largest absolute Gasteiger partial charge is 0.298 e. The predicted molar refractivity (Wildman–Crippen MR) is 43.7 cm³/mol. The molecule has 0 bridgehead atoms. The van der Waals surface area contributed by atoms with E-state index in [1.54, 1.807) is 12.3 Å². The number of carbonyl (C=O) groups is 1. The van der Waals surface area contributed by atoms with Gasteiger partial charge in [0, 0.05) is 11.8 Å². The third kappa shape index (κ3) is 0.963. The molecule has 0 radical (unpaired) electrons. The Kier molecular flexibility index (Phi) is 1.32. The first-order chi connectivity index (χ1) is 5.40. The Hall–Kier alpha value is -1.44. The number of allylic oxidation sites excluding steroid dienone is 3. The minimum absolute atomic E-state index is 0.165. The summed E-state index contributed by atoms with van der Waals surface area (Å²) in [4.78, 5) is 14.5. The quantitative estimate of drug-likeness (QED) is 0.507. The third-order valence-electron chi connectivity index (χ3n) is 1.80. The van der Waals surface area contributed by atoms with Crippen LogP contribution in [0.4, 0.5) is 0 Å². The Morgan fingerprint density at radius 3 is 3.27 bits per heavy atom. The van der Waals surface area contributed by atoms with Gasteiger partial charge in [0.15, 0.2) is 0 Å². The molecule has 11 heavy (non-hydrogen) atoms. The van der Waals surface area contributed by atoms with E-state index in [2.05, 4.69) is 4.99 Å². The molecule has 2 heteroatoms. The number of hydrogen-bond acceptors (Lipinski definition) is 2. The number of aliphatic imine (C=N–C) groups is 1. The standard InChI is InChI=1S/C9H7NO/c11-6-7-1-2-9-8(5-7)3-4-10-9/h1-6,9H/t9-/m1/s1. The first kappa shape index (κ1) is 6.28. The molecule has 0 spiro atoms. The molecule has 0 N–H and O–H groups in total. The van der Waals surface area contributed by atoms with Gasteiger partial charge in [-0.1, -0.05) is 12.2 Å². The van der Waals surface area contributed by atoms with Gasteiger partial charge >= 0.3 is 0 Å². The number of nitrogens with zero attached hydrogens (tertiary/aromatic N) is 1. The number of hydrogen-bond donors (Lipinski definition) is 0. The second-order valence-corrected chi connectivity index (χ2v) is 2.53. The summed E-state index contributed by atoms with van der Waals surface area (Å²) in [6.07, 6.45) is 10.2. The molecular weight excluding hydrogens is 138 g/mol. The highest BCUT2D eigenvalue weighted by molar-refractivity contribution is 5.84. The third-order valence-corrected chi connectivity index (χ3v) is 1.80. The van der Waals surface area contributed by atoms with Crippen molar-refractivity contribution in [3.8, 4) is 0 Å². The molecule has 0 fully saturated rings. The van der Waals surface area contributed by atoms with Gasteiger partial charge in [-0.2, -0.15) is 0 Å². The van der Waals surface area contributed by atoms with Crippen LogP contribution >= 0.6 is 0 Å². The van der Waals surface area contributed by atoms with Crippen molar-refractivity contribution in [1.82, 2.24) is 0 Å². The van der Waals surface area contributed by atoms with E-state index in [0.717, 1.165) is 17.4 Å². The topological polar surface area (TPSA) is 29.4 Å². The van der Waals surface area contributed by atoms with E-state index in [9.17, 15) is 4.79 Å². The number of fused-ring (bicyclic) bond motifs is 1. The lowest BCUT2D eigenvalue weighted by molar-refractivity contribution is -0.104. The molecule has 1 aliphatic carbocycles. The molecule has 2 rings (SSSR count). The molecule has 0 saturated carbocycles. The number of carbonyl (C=O) groups excluding carboxylic acids is 1. The van der Waals surface area contributed by atoms with Crippen LogP contribution in [0.15, 0.2) is 40.4 Å². The van der Waals surface area contributed by atoms with E-state index < -0.39 is 0 Å². The molecule has 1 atom stereocenters. The van der Waals surface area contributed by atoms with Crippen LogP contribution in [0.3, 0.4) is 0 Å². The molecular formula is C9H7NO. The molecule has 0 unspecified atom stereocenters. The minimum Gasteiger partial charge on any atom is -0.298 e. The van der Waals surface area contributed by atoms with Gasteiger partial charge in [-0.3, -0.25) is 9.79 Å². The minimum atomic E-state index is 0.165. The molecule has 1 aliphatic heterocycles. The molecule has 0 aromatic heterocycles. The highest BCUT2D eigenvalue weighted by Gasteiger charge is 2.14. The zero-order chi connectivity index (χ0) is 7.68. The molecule has 0 aromatic rings. The number of aldehydes is 1. The summed E-state index contributed by atoms with van der Waals surface area (Å²) in [5.74, 6) is 0. The maximum Gasteiger partial charge on any atom is 0.150 e. The second kappa shape index (κ2) is 2.31. The zero-order valence-corrected chi connectivity index (χ0v) is 5.90. The van der Waals surface area contributed by atoms with Crippen LogP contribution in [0.5, 0.6) is 0 Å². The normalized spacial score (nSPS) is 26.0. The summed E-state index contributed by atoms with van der Waals surface area (Å²) in [7, 11) is 0. The van der Waals surface area contributed by atoms with Crippen LogP contribution in [-0.2, 0) is 4.79 Å². The Morgan fingerprint density at radius 1 is 1.55 bits per heavy atom. The average molecular weight is 145 g/mol. The van der Waals surface area contributed by atoms with Crippen molar-refractivity contribution >= 4 is 12.5 Å². The fourth-order valence-corrected chi connectivity index (χ4v) is 1.22. The maximum atomic E-state index is 10.4. The van der Waals surface area contributed by atoms with E-state index in [0.29, 0.717) is 0 Å². The smallest absolute Gasteiger partial charge is 0.150 e. The summed E-state index contributed by atoms with van der Waals surface area (Å²) in [5.41, 5.74) is 1.83. The van der Waals surface area contributed by atoms with Gasteiger partial charge in [-0.25, -0.2) is 0 Å². The van der Waals surface area contributed by atoms with E-state index in [1.807, 2.05) is 18.2 Å². The summed E-state index contributed by atoms with van der Waals surface area (Å²) < 4.78 is 0. The lowest BCUT2D eigenvalue weighted by Crippen LogP contribution is -2.03. The highest BCUT2D eigenvalue weighted by atomic mass is 16.1. The van der Waals surface area contributed by atoms with Gasteiger partial charge < -0.3 is 0 Å². The SMILES string of the molecule is O=CC1=CC2=CC=N[C@@H]2C=C1. The van der Waals surface area contributed by atoms with E-state index in [4.69, 9.17) is 0 Å². The van der Waals surface area contributed by atoms with Crippen molar-refractivity contribution in [2.75, 3.05) is 0 Å². The van der Waals surface area contributed by atoms with Crippen LogP contribution < -0.4 is 0 Å². The van der Waals surface area contributed by atoms with Crippen LogP contribution in [0, 0.1) is 0 Å². The molecule has 0 amide bonds. The fraction of sp³-hybridized carbons (Fsp3) is 0.111. The molecule has 0 aromatic carbocycles. The summed E-state index contributed by atoms with van der Waals surface area (Å²) in [5, 5.41) is 0. The Labute approximate surface area is 64.6 Å². The molecule has 1 heterocycles. The van der Waals surface area contributed by atoms with Crippen molar-refractivity contribution in [2.24, 2.45) is 4.99 Å². The van der Waals surface area contributed by atoms with E-state index in [-0.39, 0.29) is 6.04 Å². The molecule has 0 saturated heterocycles. The van der Waals surface area contributed by atoms with E-state index >= 15 is 0 Å². The summed E-state index contributed by atoms with van der Waals surface area (Å²) in [6.45, 7) is 0. The van der Waals surface area contributed by atoms with Crippen molar-refractivity contribution in [2.45, 2.75) is 6.04 Å². The first-order valence-corrected chi connectivity index (χ1v) is 3.48. The maximum absolute atomic E-state index is 10.4. The van der Waals surface area contributed by atoms with Crippen LogP contribution in [0.25, 0.3) is 0 Å². The van der Waals surface area contributed by atoms with Gasteiger partial charge in [0.25, 0.3) is 0 Å². The van der Waals surface area contributed by atoms with Crippen molar-refractivity contribution < 1.29 is 4.79 Å². The first-order valence-electron chi connectivity index (χ1n) is 3.48. The lowest BCUT2D eigenvalue weighted by Gasteiger charge is -2.08. The fourth-order valence-electron chi connectivity index (χ4n) is 1.22.